The first kappa shape index (κ1) is 13.5. The van der Waals surface area contributed by atoms with Gasteiger partial charge in [0.1, 0.15) is 6.04 Å². The standard InChI is InChI=1S/C11H12ClNO4/c1-17-11(16)9(13)5-6-4-7(12)2-3-8(6)10(14)15/h2-4,9H,5,13H2,1H3,(H,14,15)/t9-/m0/s1. The van der Waals surface area contributed by atoms with Gasteiger partial charge in [-0.2, -0.15) is 0 Å². The minimum atomic E-state index is -1.09. The maximum absolute atomic E-state index is 11.2. The van der Waals surface area contributed by atoms with Gasteiger partial charge in [-0.3, -0.25) is 4.79 Å². The van der Waals surface area contributed by atoms with Crippen LogP contribution in [0.15, 0.2) is 18.2 Å². The van der Waals surface area contributed by atoms with Crippen LogP contribution in [0.2, 0.25) is 5.02 Å². The smallest absolute Gasteiger partial charge is 0.335 e. The molecule has 5 nitrogen and oxygen atoms in total. The molecular formula is C11H12ClNO4. The monoisotopic (exact) mass is 257 g/mol. The van der Waals surface area contributed by atoms with Gasteiger partial charge in [0.05, 0.1) is 12.7 Å². The Balaban J connectivity index is 3.00. The molecule has 0 heterocycles. The highest BCUT2D eigenvalue weighted by Gasteiger charge is 2.18. The number of rotatable bonds is 4. The van der Waals surface area contributed by atoms with Crippen molar-refractivity contribution in [2.75, 3.05) is 7.11 Å². The quantitative estimate of drug-likeness (QED) is 0.788. The van der Waals surface area contributed by atoms with E-state index in [2.05, 4.69) is 4.74 Å². The highest BCUT2D eigenvalue weighted by molar-refractivity contribution is 6.30. The van der Waals surface area contributed by atoms with Crippen molar-refractivity contribution in [1.82, 2.24) is 0 Å². The minimum absolute atomic E-state index is 0.0644. The molecule has 3 N–H and O–H groups in total. The number of hydrogen-bond donors (Lipinski definition) is 2. The summed E-state index contributed by atoms with van der Waals surface area (Å²) < 4.78 is 4.47. The predicted molar refractivity (Wildman–Crippen MR) is 62.1 cm³/mol. The fraction of sp³-hybridized carbons (Fsp3) is 0.273. The van der Waals surface area contributed by atoms with E-state index in [0.717, 1.165) is 0 Å². The van der Waals surface area contributed by atoms with Crippen LogP contribution >= 0.6 is 11.6 Å². The molecule has 0 saturated heterocycles. The molecule has 0 unspecified atom stereocenters. The number of aromatic carboxylic acids is 1. The molecule has 17 heavy (non-hydrogen) atoms. The van der Waals surface area contributed by atoms with Crippen LogP contribution in [0.25, 0.3) is 0 Å². The first-order valence-corrected chi connectivity index (χ1v) is 5.18. The molecule has 0 amide bonds. The Bertz CT molecular complexity index is 447. The Morgan fingerprint density at radius 2 is 2.18 bits per heavy atom. The summed E-state index contributed by atoms with van der Waals surface area (Å²) in [6, 6.07) is 3.42. The first-order chi connectivity index (χ1) is 7.95. The molecule has 0 aliphatic rings. The molecule has 0 fully saturated rings. The predicted octanol–water partition coefficient (Wildman–Crippen LogP) is 1.08. The molecule has 1 aromatic rings. The summed E-state index contributed by atoms with van der Waals surface area (Å²) in [4.78, 5) is 22.1. The van der Waals surface area contributed by atoms with E-state index in [1.165, 1.54) is 25.3 Å². The van der Waals surface area contributed by atoms with E-state index in [0.29, 0.717) is 10.6 Å². The van der Waals surface area contributed by atoms with Gasteiger partial charge in [-0.05, 0) is 30.2 Å². The van der Waals surface area contributed by atoms with Crippen LogP contribution in [0.3, 0.4) is 0 Å². The van der Waals surface area contributed by atoms with Crippen molar-refractivity contribution in [3.05, 3.63) is 34.3 Å². The summed E-state index contributed by atoms with van der Waals surface area (Å²) in [7, 11) is 1.22. The lowest BCUT2D eigenvalue weighted by Gasteiger charge is -2.11. The molecule has 0 saturated carbocycles. The summed E-state index contributed by atoms with van der Waals surface area (Å²) >= 11 is 5.77. The van der Waals surface area contributed by atoms with Gasteiger partial charge in [0, 0.05) is 5.02 Å². The zero-order valence-electron chi connectivity index (χ0n) is 9.14. The highest BCUT2D eigenvalue weighted by Crippen LogP contribution is 2.17. The van der Waals surface area contributed by atoms with Crippen LogP contribution in [0, 0.1) is 0 Å². The Morgan fingerprint density at radius 3 is 2.71 bits per heavy atom. The highest BCUT2D eigenvalue weighted by atomic mass is 35.5. The summed E-state index contributed by atoms with van der Waals surface area (Å²) in [5, 5.41) is 9.36. The van der Waals surface area contributed by atoms with E-state index in [4.69, 9.17) is 22.4 Å². The lowest BCUT2D eigenvalue weighted by atomic mass is 10.0. The van der Waals surface area contributed by atoms with Crippen molar-refractivity contribution in [1.29, 1.82) is 0 Å². The van der Waals surface area contributed by atoms with Crippen molar-refractivity contribution < 1.29 is 19.4 Å². The molecule has 0 aliphatic heterocycles. The number of nitrogens with two attached hydrogens (primary N) is 1. The third-order valence-corrected chi connectivity index (χ3v) is 2.48. The van der Waals surface area contributed by atoms with Crippen LogP contribution in [0.4, 0.5) is 0 Å². The summed E-state index contributed by atoms with van der Waals surface area (Å²) in [5.74, 6) is -1.69. The van der Waals surface area contributed by atoms with Crippen molar-refractivity contribution in [2.45, 2.75) is 12.5 Å². The Morgan fingerprint density at radius 1 is 1.53 bits per heavy atom. The van der Waals surface area contributed by atoms with Crippen LogP contribution in [0.5, 0.6) is 0 Å². The second-order valence-corrected chi connectivity index (χ2v) is 3.88. The van der Waals surface area contributed by atoms with E-state index in [-0.39, 0.29) is 12.0 Å². The van der Waals surface area contributed by atoms with Crippen LogP contribution in [-0.2, 0) is 16.0 Å². The Labute approximate surface area is 103 Å². The zero-order chi connectivity index (χ0) is 13.0. The van der Waals surface area contributed by atoms with Crippen molar-refractivity contribution >= 4 is 23.5 Å². The number of esters is 1. The number of halogens is 1. The largest absolute Gasteiger partial charge is 0.478 e. The number of carboxylic acids is 1. The summed E-state index contributed by atoms with van der Waals surface area (Å²) in [6.07, 6.45) is 0.0644. The Hall–Kier alpha value is -1.59. The number of carbonyl (C=O) groups excluding carboxylic acids is 1. The van der Waals surface area contributed by atoms with Crippen LogP contribution in [-0.4, -0.2) is 30.2 Å². The lowest BCUT2D eigenvalue weighted by molar-refractivity contribution is -0.142. The minimum Gasteiger partial charge on any atom is -0.478 e. The fourth-order valence-electron chi connectivity index (χ4n) is 1.41. The van der Waals surface area contributed by atoms with E-state index < -0.39 is 18.0 Å². The summed E-state index contributed by atoms with van der Waals surface area (Å²) in [6.45, 7) is 0. The molecule has 6 heteroatoms. The normalized spacial score (nSPS) is 11.9. The van der Waals surface area contributed by atoms with E-state index in [9.17, 15) is 9.59 Å². The fourth-order valence-corrected chi connectivity index (χ4v) is 1.61. The first-order valence-electron chi connectivity index (χ1n) is 4.81. The third-order valence-electron chi connectivity index (χ3n) is 2.24. The van der Waals surface area contributed by atoms with Gasteiger partial charge in [-0.1, -0.05) is 11.6 Å². The van der Waals surface area contributed by atoms with Gasteiger partial charge in [-0.25, -0.2) is 4.79 Å². The number of carboxylic acid groups (broad SMARTS) is 1. The second-order valence-electron chi connectivity index (χ2n) is 3.44. The third kappa shape index (κ3) is 3.44. The van der Waals surface area contributed by atoms with Crippen molar-refractivity contribution in [3.8, 4) is 0 Å². The van der Waals surface area contributed by atoms with Gasteiger partial charge in [0.15, 0.2) is 0 Å². The average Bonchev–Trinajstić information content (AvgIpc) is 2.27. The van der Waals surface area contributed by atoms with Crippen LogP contribution in [0.1, 0.15) is 15.9 Å². The number of benzene rings is 1. The zero-order valence-corrected chi connectivity index (χ0v) is 9.90. The number of hydrogen-bond acceptors (Lipinski definition) is 4. The average molecular weight is 258 g/mol. The second kappa shape index (κ2) is 5.65. The molecule has 0 spiro atoms. The number of carbonyl (C=O) groups is 2. The van der Waals surface area contributed by atoms with Gasteiger partial charge in [0.2, 0.25) is 0 Å². The van der Waals surface area contributed by atoms with Gasteiger partial charge >= 0.3 is 11.9 Å². The SMILES string of the molecule is COC(=O)[C@@H](N)Cc1cc(Cl)ccc1C(=O)O. The molecule has 92 valence electrons. The molecule has 1 atom stereocenters. The topological polar surface area (TPSA) is 89.6 Å². The van der Waals surface area contributed by atoms with Gasteiger partial charge in [0.25, 0.3) is 0 Å². The van der Waals surface area contributed by atoms with Crippen LogP contribution < -0.4 is 5.73 Å². The molecular weight excluding hydrogens is 246 g/mol. The summed E-state index contributed by atoms with van der Waals surface area (Å²) in [5.41, 5.74) is 6.05. The maximum Gasteiger partial charge on any atom is 0.335 e. The van der Waals surface area contributed by atoms with E-state index in [1.807, 2.05) is 0 Å². The molecule has 0 aliphatic carbocycles. The molecule has 1 aromatic carbocycles. The molecule has 0 bridgehead atoms. The maximum atomic E-state index is 11.2. The lowest BCUT2D eigenvalue weighted by Crippen LogP contribution is -2.34. The molecule has 0 aromatic heterocycles. The number of ether oxygens (including phenoxy) is 1. The van der Waals surface area contributed by atoms with E-state index >= 15 is 0 Å². The molecule has 0 radical (unpaired) electrons. The van der Waals surface area contributed by atoms with E-state index in [1.54, 1.807) is 0 Å². The Kier molecular flexibility index (Phi) is 4.48. The van der Waals surface area contributed by atoms with Gasteiger partial charge in [-0.15, -0.1) is 0 Å². The van der Waals surface area contributed by atoms with Gasteiger partial charge < -0.3 is 15.6 Å². The number of methoxy groups -OCH3 is 1. The molecule has 1 rings (SSSR count). The van der Waals surface area contributed by atoms with Crippen molar-refractivity contribution in [2.24, 2.45) is 5.73 Å². The van der Waals surface area contributed by atoms with Crippen molar-refractivity contribution in [3.63, 3.8) is 0 Å².